The zero-order chi connectivity index (χ0) is 15.9. The Bertz CT molecular complexity index is 689. The minimum absolute atomic E-state index is 0.176. The smallest absolute Gasteiger partial charge is 0.110 e. The van der Waals surface area contributed by atoms with Crippen molar-refractivity contribution in [1.29, 1.82) is 0 Å². The Morgan fingerprint density at radius 1 is 1.26 bits per heavy atom. The summed E-state index contributed by atoms with van der Waals surface area (Å²) in [7, 11) is 0. The fraction of sp³-hybridized carbons (Fsp3) is 0.556. The molecule has 2 aliphatic heterocycles. The lowest BCUT2D eigenvalue weighted by molar-refractivity contribution is -0.104. The summed E-state index contributed by atoms with van der Waals surface area (Å²) in [6.07, 6.45) is 2.16. The SMILES string of the molecule is OCC(O)CN1CCC2(CC1)OCCc1c2[nH]c2ccccc12. The molecule has 1 unspecified atom stereocenters. The van der Waals surface area contributed by atoms with E-state index in [0.29, 0.717) is 6.54 Å². The van der Waals surface area contributed by atoms with Gasteiger partial charge in [-0.3, -0.25) is 0 Å². The summed E-state index contributed by atoms with van der Waals surface area (Å²) in [6.45, 7) is 2.89. The number of piperidine rings is 1. The molecule has 1 atom stereocenters. The Labute approximate surface area is 135 Å². The fourth-order valence-corrected chi connectivity index (χ4v) is 4.12. The molecule has 1 saturated heterocycles. The van der Waals surface area contributed by atoms with E-state index in [9.17, 15) is 5.11 Å². The van der Waals surface area contributed by atoms with E-state index in [0.717, 1.165) is 39.0 Å². The summed E-state index contributed by atoms with van der Waals surface area (Å²) in [5.41, 5.74) is 3.65. The lowest BCUT2D eigenvalue weighted by Crippen LogP contribution is -2.48. The molecule has 3 heterocycles. The molecule has 2 aliphatic rings. The first-order valence-electron chi connectivity index (χ1n) is 8.47. The first-order chi connectivity index (χ1) is 11.2. The van der Waals surface area contributed by atoms with Crippen molar-refractivity contribution in [1.82, 2.24) is 9.88 Å². The van der Waals surface area contributed by atoms with Crippen molar-refractivity contribution >= 4 is 10.9 Å². The maximum Gasteiger partial charge on any atom is 0.110 e. The van der Waals surface area contributed by atoms with E-state index in [1.807, 2.05) is 0 Å². The molecule has 1 fully saturated rings. The molecule has 5 nitrogen and oxygen atoms in total. The van der Waals surface area contributed by atoms with E-state index in [-0.39, 0.29) is 12.2 Å². The molecule has 0 aliphatic carbocycles. The fourth-order valence-electron chi connectivity index (χ4n) is 4.12. The predicted molar refractivity (Wildman–Crippen MR) is 88.4 cm³/mol. The van der Waals surface area contributed by atoms with Crippen LogP contribution in [0.5, 0.6) is 0 Å². The number of benzene rings is 1. The third kappa shape index (κ3) is 2.58. The Kier molecular flexibility index (Phi) is 3.89. The van der Waals surface area contributed by atoms with Crippen molar-refractivity contribution < 1.29 is 14.9 Å². The second-order valence-electron chi connectivity index (χ2n) is 6.75. The summed E-state index contributed by atoms with van der Waals surface area (Å²) in [4.78, 5) is 5.83. The number of likely N-dealkylation sites (tertiary alicyclic amines) is 1. The third-order valence-corrected chi connectivity index (χ3v) is 5.34. The van der Waals surface area contributed by atoms with Gasteiger partial charge >= 0.3 is 0 Å². The largest absolute Gasteiger partial charge is 0.394 e. The first-order valence-corrected chi connectivity index (χ1v) is 8.47. The van der Waals surface area contributed by atoms with Gasteiger partial charge in [-0.15, -0.1) is 0 Å². The van der Waals surface area contributed by atoms with Gasteiger partial charge in [-0.1, -0.05) is 18.2 Å². The van der Waals surface area contributed by atoms with Gasteiger partial charge < -0.3 is 24.8 Å². The molecule has 1 aromatic heterocycles. The highest BCUT2D eigenvalue weighted by Crippen LogP contribution is 2.43. The van der Waals surface area contributed by atoms with E-state index in [1.165, 1.54) is 22.2 Å². The quantitative estimate of drug-likeness (QED) is 0.800. The molecule has 1 spiro atoms. The van der Waals surface area contributed by atoms with Gasteiger partial charge in [0.15, 0.2) is 0 Å². The molecule has 4 rings (SSSR count). The van der Waals surface area contributed by atoms with Crippen LogP contribution in [0.1, 0.15) is 24.1 Å². The number of nitrogens with one attached hydrogen (secondary N) is 1. The highest BCUT2D eigenvalue weighted by molar-refractivity contribution is 5.85. The maximum absolute atomic E-state index is 9.64. The maximum atomic E-state index is 9.64. The van der Waals surface area contributed by atoms with Crippen LogP contribution in [-0.2, 0) is 16.8 Å². The van der Waals surface area contributed by atoms with Crippen LogP contribution in [0, 0.1) is 0 Å². The molecule has 5 heteroatoms. The minimum Gasteiger partial charge on any atom is -0.394 e. The first kappa shape index (κ1) is 15.1. The molecule has 3 N–H and O–H groups in total. The van der Waals surface area contributed by atoms with Gasteiger partial charge in [-0.05, 0) is 30.9 Å². The van der Waals surface area contributed by atoms with Crippen molar-refractivity contribution in [3.05, 3.63) is 35.5 Å². The van der Waals surface area contributed by atoms with Gasteiger partial charge in [0.1, 0.15) is 5.60 Å². The number of hydrogen-bond donors (Lipinski definition) is 3. The average molecular weight is 316 g/mol. The molecule has 124 valence electrons. The number of aliphatic hydroxyl groups excluding tert-OH is 2. The number of β-amino-alcohol motifs (C(OH)–C–C–N with tert-alkyl or cyclic N) is 1. The molecule has 1 aromatic carbocycles. The summed E-state index contributed by atoms with van der Waals surface area (Å²) >= 11 is 0. The van der Waals surface area contributed by atoms with Crippen molar-refractivity contribution in [2.75, 3.05) is 32.8 Å². The van der Waals surface area contributed by atoms with Crippen LogP contribution in [0.3, 0.4) is 0 Å². The van der Waals surface area contributed by atoms with Crippen LogP contribution in [0.4, 0.5) is 0 Å². The number of aliphatic hydroxyl groups is 2. The van der Waals surface area contributed by atoms with E-state index in [2.05, 4.69) is 34.1 Å². The molecular weight excluding hydrogens is 292 g/mol. The van der Waals surface area contributed by atoms with E-state index < -0.39 is 6.10 Å². The van der Waals surface area contributed by atoms with Crippen LogP contribution in [0.2, 0.25) is 0 Å². The number of aromatic nitrogens is 1. The van der Waals surface area contributed by atoms with E-state index in [4.69, 9.17) is 9.84 Å². The predicted octanol–water partition coefficient (Wildman–Crippen LogP) is 1.38. The van der Waals surface area contributed by atoms with Crippen molar-refractivity contribution in [3.8, 4) is 0 Å². The van der Waals surface area contributed by atoms with Crippen LogP contribution in [0.15, 0.2) is 24.3 Å². The number of para-hydroxylation sites is 1. The number of nitrogens with zero attached hydrogens (tertiary/aromatic N) is 1. The number of hydrogen-bond acceptors (Lipinski definition) is 4. The highest BCUT2D eigenvalue weighted by atomic mass is 16.5. The monoisotopic (exact) mass is 316 g/mol. The highest BCUT2D eigenvalue weighted by Gasteiger charge is 2.42. The van der Waals surface area contributed by atoms with Crippen molar-refractivity contribution in [2.45, 2.75) is 31.0 Å². The topological polar surface area (TPSA) is 68.7 Å². The Hall–Kier alpha value is -1.40. The second kappa shape index (κ2) is 5.91. The van der Waals surface area contributed by atoms with Crippen LogP contribution >= 0.6 is 0 Å². The summed E-state index contributed by atoms with van der Waals surface area (Å²) < 4.78 is 6.27. The molecule has 2 aromatic rings. The Morgan fingerprint density at radius 2 is 2.04 bits per heavy atom. The average Bonchev–Trinajstić information content (AvgIpc) is 2.97. The third-order valence-electron chi connectivity index (χ3n) is 5.34. The second-order valence-corrected chi connectivity index (χ2v) is 6.75. The molecule has 0 radical (unpaired) electrons. The van der Waals surface area contributed by atoms with Gasteiger partial charge in [-0.2, -0.15) is 0 Å². The summed E-state index contributed by atoms with van der Waals surface area (Å²) in [6, 6.07) is 8.48. The molecule has 0 saturated carbocycles. The lowest BCUT2D eigenvalue weighted by Gasteiger charge is -2.44. The number of rotatable bonds is 3. The number of H-pyrrole nitrogens is 1. The summed E-state index contributed by atoms with van der Waals surface area (Å²) in [5, 5.41) is 20.0. The molecule has 0 bridgehead atoms. The van der Waals surface area contributed by atoms with Crippen LogP contribution in [0.25, 0.3) is 10.9 Å². The number of fused-ring (bicyclic) bond motifs is 4. The lowest BCUT2D eigenvalue weighted by atomic mass is 9.83. The Balaban J connectivity index is 1.60. The van der Waals surface area contributed by atoms with E-state index in [1.54, 1.807) is 0 Å². The van der Waals surface area contributed by atoms with Crippen molar-refractivity contribution in [3.63, 3.8) is 0 Å². The van der Waals surface area contributed by atoms with Gasteiger partial charge in [0.05, 0.1) is 25.0 Å². The number of aromatic amines is 1. The minimum atomic E-state index is -0.653. The number of ether oxygens (including phenoxy) is 1. The Morgan fingerprint density at radius 3 is 2.83 bits per heavy atom. The van der Waals surface area contributed by atoms with Gasteiger partial charge in [0.25, 0.3) is 0 Å². The van der Waals surface area contributed by atoms with Crippen molar-refractivity contribution in [2.24, 2.45) is 0 Å². The molecule has 0 amide bonds. The zero-order valence-corrected chi connectivity index (χ0v) is 13.3. The molecular formula is C18H24N2O3. The van der Waals surface area contributed by atoms with Gasteiger partial charge in [0, 0.05) is 30.5 Å². The van der Waals surface area contributed by atoms with Crippen LogP contribution in [-0.4, -0.2) is 59.0 Å². The normalized spacial score (nSPS) is 22.3. The van der Waals surface area contributed by atoms with Gasteiger partial charge in [0.2, 0.25) is 0 Å². The molecule has 23 heavy (non-hydrogen) atoms. The summed E-state index contributed by atoms with van der Waals surface area (Å²) in [5.74, 6) is 0. The van der Waals surface area contributed by atoms with E-state index >= 15 is 0 Å². The van der Waals surface area contributed by atoms with Gasteiger partial charge in [-0.25, -0.2) is 0 Å². The van der Waals surface area contributed by atoms with Crippen LogP contribution < -0.4 is 0 Å². The zero-order valence-electron chi connectivity index (χ0n) is 13.3. The standard InChI is InChI=1S/C18H24N2O3/c21-12-13(22)11-20-8-6-18(7-9-20)17-15(5-10-23-18)14-3-1-2-4-16(14)19-17/h1-4,13,19,21-22H,5-12H2.